The molecule has 0 aliphatic carbocycles. The zero-order valence-electron chi connectivity index (χ0n) is 7.18. The number of nitrogens with zero attached hydrogens (tertiary/aromatic N) is 1. The standard InChI is InChI=1S/C6H5.C5H6N.Ir/c2*1-2-4-6-5-3-1;/h1-5H;1-4H,5H2;/q2*-1;+3. The first-order valence-corrected chi connectivity index (χ1v) is 3.89. The fourth-order valence-corrected chi connectivity index (χ4v) is 0.714. The molecule has 0 unspecified atom stereocenters. The Hall–Kier alpha value is -0.851. The van der Waals surface area contributed by atoms with Crippen LogP contribution in [-0.2, 0) is 20.1 Å². The zero-order chi connectivity index (χ0) is 8.49. The van der Waals surface area contributed by atoms with Gasteiger partial charge in [-0.15, -0.1) is 12.6 Å². The van der Waals surface area contributed by atoms with Crippen molar-refractivity contribution in [2.45, 2.75) is 0 Å². The fourth-order valence-electron chi connectivity index (χ4n) is 0.714. The summed E-state index contributed by atoms with van der Waals surface area (Å²) in [6.07, 6.45) is 7.73. The summed E-state index contributed by atoms with van der Waals surface area (Å²) in [5.41, 5.74) is 0. The molecule has 13 heavy (non-hydrogen) atoms. The molecule has 0 bridgehead atoms. The number of hydrogen-bond acceptors (Lipinski definition) is 0. The van der Waals surface area contributed by atoms with Crippen molar-refractivity contribution in [2.24, 2.45) is 0 Å². The Bertz CT molecular complexity index is 203. The van der Waals surface area contributed by atoms with Crippen molar-refractivity contribution in [2.75, 3.05) is 6.54 Å². The second-order valence-electron chi connectivity index (χ2n) is 2.21. The molecule has 2 heteroatoms. The van der Waals surface area contributed by atoms with Crippen LogP contribution in [-0.4, -0.2) is 6.54 Å². The third kappa shape index (κ3) is 7.51. The van der Waals surface area contributed by atoms with E-state index >= 15 is 0 Å². The normalized spacial score (nSPS) is 11.7. The predicted octanol–water partition coefficient (Wildman–Crippen LogP) is 2.93. The molecule has 0 radical (unpaired) electrons. The molecule has 68 valence electrons. The molecule has 1 aliphatic rings. The van der Waals surface area contributed by atoms with Gasteiger partial charge in [0, 0.05) is 0 Å². The van der Waals surface area contributed by atoms with Gasteiger partial charge in [-0.3, -0.25) is 0 Å². The maximum Gasteiger partial charge on any atom is 3.00 e. The second kappa shape index (κ2) is 9.24. The summed E-state index contributed by atoms with van der Waals surface area (Å²) in [5.74, 6) is 0. The van der Waals surface area contributed by atoms with E-state index in [9.17, 15) is 0 Å². The molecule has 0 atom stereocenters. The molecule has 0 N–H and O–H groups in total. The molecule has 1 heterocycles. The first kappa shape index (κ1) is 12.1. The van der Waals surface area contributed by atoms with Gasteiger partial charge in [0.15, 0.2) is 0 Å². The number of allylic oxidation sites excluding steroid dienone is 2. The van der Waals surface area contributed by atoms with Gasteiger partial charge in [-0.25, -0.2) is 0 Å². The Morgan fingerprint density at radius 2 is 1.77 bits per heavy atom. The van der Waals surface area contributed by atoms with E-state index in [1.165, 1.54) is 0 Å². The molecule has 1 aromatic carbocycles. The van der Waals surface area contributed by atoms with Gasteiger partial charge in [0.05, 0.1) is 0 Å². The van der Waals surface area contributed by atoms with Gasteiger partial charge in [-0.2, -0.15) is 42.6 Å². The predicted molar refractivity (Wildman–Crippen MR) is 51.8 cm³/mol. The molecule has 1 aromatic rings. The minimum Gasteiger partial charge on any atom is -0.687 e. The quantitative estimate of drug-likeness (QED) is 0.640. The van der Waals surface area contributed by atoms with E-state index in [1.807, 2.05) is 48.6 Å². The average Bonchev–Trinajstić information content (AvgIpc) is 2.24. The first-order chi connectivity index (χ1) is 6.00. The monoisotopic (exact) mass is 350 g/mol. The van der Waals surface area contributed by atoms with E-state index in [1.54, 1.807) is 6.20 Å². The topological polar surface area (TPSA) is 14.1 Å². The van der Waals surface area contributed by atoms with Crippen LogP contribution in [0, 0.1) is 6.07 Å². The van der Waals surface area contributed by atoms with Gasteiger partial charge < -0.3 is 5.32 Å². The van der Waals surface area contributed by atoms with Crippen molar-refractivity contribution in [3.63, 3.8) is 0 Å². The summed E-state index contributed by atoms with van der Waals surface area (Å²) in [6, 6.07) is 12.5. The van der Waals surface area contributed by atoms with Gasteiger partial charge in [0.2, 0.25) is 0 Å². The van der Waals surface area contributed by atoms with Crippen molar-refractivity contribution in [3.05, 3.63) is 66.1 Å². The van der Waals surface area contributed by atoms with Crippen LogP contribution < -0.4 is 0 Å². The Balaban J connectivity index is 0.000000206. The van der Waals surface area contributed by atoms with E-state index in [4.69, 9.17) is 0 Å². The van der Waals surface area contributed by atoms with Gasteiger partial charge in [-0.05, 0) is 0 Å². The van der Waals surface area contributed by atoms with Crippen molar-refractivity contribution in [1.29, 1.82) is 0 Å². The molecule has 0 aromatic heterocycles. The summed E-state index contributed by atoms with van der Waals surface area (Å²) in [5, 5.41) is 3.91. The van der Waals surface area contributed by atoms with Crippen molar-refractivity contribution < 1.29 is 20.1 Å². The van der Waals surface area contributed by atoms with Gasteiger partial charge in [0.1, 0.15) is 0 Å². The van der Waals surface area contributed by atoms with Crippen LogP contribution in [0.5, 0.6) is 0 Å². The fraction of sp³-hybridized carbons (Fsp3) is 0.0909. The van der Waals surface area contributed by atoms with Gasteiger partial charge in [0.25, 0.3) is 0 Å². The molecule has 0 amide bonds. The van der Waals surface area contributed by atoms with Gasteiger partial charge in [-0.1, -0.05) is 12.2 Å². The van der Waals surface area contributed by atoms with E-state index < -0.39 is 0 Å². The summed E-state index contributed by atoms with van der Waals surface area (Å²) in [7, 11) is 0. The summed E-state index contributed by atoms with van der Waals surface area (Å²) in [6.45, 7) is 0.858. The van der Waals surface area contributed by atoms with Crippen LogP contribution >= 0.6 is 0 Å². The third-order valence-electron chi connectivity index (χ3n) is 1.26. The molecular weight excluding hydrogens is 338 g/mol. The zero-order valence-corrected chi connectivity index (χ0v) is 9.58. The smallest absolute Gasteiger partial charge is 0.687 e. The minimum absolute atomic E-state index is 0. The maximum absolute atomic E-state index is 3.91. The summed E-state index contributed by atoms with van der Waals surface area (Å²) in [4.78, 5) is 0. The molecule has 2 rings (SSSR count). The maximum atomic E-state index is 3.91. The van der Waals surface area contributed by atoms with Crippen LogP contribution in [0.25, 0.3) is 5.32 Å². The van der Waals surface area contributed by atoms with E-state index in [0.29, 0.717) is 0 Å². The Labute approximate surface area is 92.9 Å². The van der Waals surface area contributed by atoms with Crippen LogP contribution in [0.2, 0.25) is 0 Å². The van der Waals surface area contributed by atoms with Crippen LogP contribution in [0.1, 0.15) is 0 Å². The molecule has 0 fully saturated rings. The van der Waals surface area contributed by atoms with Crippen molar-refractivity contribution >= 4 is 0 Å². The van der Waals surface area contributed by atoms with E-state index in [-0.39, 0.29) is 20.1 Å². The van der Waals surface area contributed by atoms with Crippen LogP contribution in [0.15, 0.2) is 54.8 Å². The second-order valence-corrected chi connectivity index (χ2v) is 2.21. The molecular formula is C11H11IrN+. The number of hydrogen-bond donors (Lipinski definition) is 0. The molecule has 0 saturated heterocycles. The molecule has 1 aliphatic heterocycles. The minimum atomic E-state index is 0. The Morgan fingerprint density at radius 3 is 1.92 bits per heavy atom. The number of rotatable bonds is 0. The van der Waals surface area contributed by atoms with E-state index in [0.717, 1.165) is 6.54 Å². The molecule has 0 spiro atoms. The van der Waals surface area contributed by atoms with Crippen molar-refractivity contribution in [3.8, 4) is 0 Å². The SMILES string of the molecule is C1=CC[N-]C=C1.[Ir+3].[c-]1ccccc1. The summed E-state index contributed by atoms with van der Waals surface area (Å²) >= 11 is 0. The molecule has 0 saturated carbocycles. The first-order valence-electron chi connectivity index (χ1n) is 3.89. The molecule has 1 nitrogen and oxygen atoms in total. The Kier molecular flexibility index (Phi) is 8.63. The number of benzene rings is 1. The van der Waals surface area contributed by atoms with Crippen LogP contribution in [0.4, 0.5) is 0 Å². The third-order valence-corrected chi connectivity index (χ3v) is 1.26. The largest absolute Gasteiger partial charge is 3.00 e. The van der Waals surface area contributed by atoms with E-state index in [2.05, 4.69) is 11.4 Å². The average molecular weight is 349 g/mol. The van der Waals surface area contributed by atoms with Gasteiger partial charge >= 0.3 is 20.1 Å². The van der Waals surface area contributed by atoms with Crippen LogP contribution in [0.3, 0.4) is 0 Å². The van der Waals surface area contributed by atoms with Crippen molar-refractivity contribution in [1.82, 2.24) is 0 Å². The summed E-state index contributed by atoms with van der Waals surface area (Å²) < 4.78 is 0. The Morgan fingerprint density at radius 1 is 1.00 bits per heavy atom.